The second-order valence-electron chi connectivity index (χ2n) is 2.93. The molecular formula is C9H12N6. The number of anilines is 1. The minimum Gasteiger partial charge on any atom is -0.369 e. The van der Waals surface area contributed by atoms with Crippen molar-refractivity contribution in [3.63, 3.8) is 0 Å². The van der Waals surface area contributed by atoms with Crippen molar-refractivity contribution in [1.82, 2.24) is 19.7 Å². The van der Waals surface area contributed by atoms with Gasteiger partial charge in [-0.2, -0.15) is 5.10 Å². The Bertz CT molecular complexity index is 410. The standard InChI is InChI=1S/C9H12N6/c10-2-4-11-8-6-9(13-7-12-8)15-5-1-3-14-15/h1,3,5-7H,2,4,10H2,(H,11,12,13). The molecule has 78 valence electrons. The van der Waals surface area contributed by atoms with Crippen LogP contribution in [0.4, 0.5) is 5.82 Å². The first-order valence-electron chi connectivity index (χ1n) is 4.66. The summed E-state index contributed by atoms with van der Waals surface area (Å²) in [6, 6.07) is 3.66. The van der Waals surface area contributed by atoms with Crippen LogP contribution < -0.4 is 11.1 Å². The highest BCUT2D eigenvalue weighted by atomic mass is 15.3. The van der Waals surface area contributed by atoms with Crippen molar-refractivity contribution >= 4 is 5.82 Å². The Hall–Kier alpha value is -1.95. The summed E-state index contributed by atoms with van der Waals surface area (Å²) in [5.74, 6) is 1.48. The van der Waals surface area contributed by atoms with Crippen LogP contribution in [0.15, 0.2) is 30.9 Å². The van der Waals surface area contributed by atoms with Crippen molar-refractivity contribution in [3.8, 4) is 5.82 Å². The molecule has 0 aliphatic rings. The summed E-state index contributed by atoms with van der Waals surface area (Å²) in [7, 11) is 0. The molecule has 0 aliphatic heterocycles. The molecule has 2 rings (SSSR count). The Labute approximate surface area is 87.2 Å². The van der Waals surface area contributed by atoms with E-state index in [9.17, 15) is 0 Å². The molecule has 0 bridgehead atoms. The maximum atomic E-state index is 5.39. The number of hydrogen-bond acceptors (Lipinski definition) is 5. The van der Waals surface area contributed by atoms with E-state index in [-0.39, 0.29) is 0 Å². The van der Waals surface area contributed by atoms with Crippen molar-refractivity contribution in [3.05, 3.63) is 30.9 Å². The third-order valence-electron chi connectivity index (χ3n) is 1.84. The lowest BCUT2D eigenvalue weighted by Crippen LogP contribution is -2.14. The zero-order chi connectivity index (χ0) is 10.5. The summed E-state index contributed by atoms with van der Waals surface area (Å²) in [4.78, 5) is 8.18. The second-order valence-corrected chi connectivity index (χ2v) is 2.93. The van der Waals surface area contributed by atoms with E-state index in [1.807, 2.05) is 18.3 Å². The Kier molecular flexibility index (Phi) is 2.89. The third kappa shape index (κ3) is 2.29. The predicted octanol–water partition coefficient (Wildman–Crippen LogP) is 0.0329. The molecular weight excluding hydrogens is 192 g/mol. The molecule has 0 atom stereocenters. The number of nitrogens with one attached hydrogen (secondary N) is 1. The van der Waals surface area contributed by atoms with Gasteiger partial charge in [0.2, 0.25) is 0 Å². The molecule has 6 heteroatoms. The van der Waals surface area contributed by atoms with Crippen molar-refractivity contribution < 1.29 is 0 Å². The fourth-order valence-corrected chi connectivity index (χ4v) is 1.17. The van der Waals surface area contributed by atoms with Gasteiger partial charge in [-0.15, -0.1) is 0 Å². The fourth-order valence-electron chi connectivity index (χ4n) is 1.17. The van der Waals surface area contributed by atoms with Crippen LogP contribution >= 0.6 is 0 Å². The summed E-state index contributed by atoms with van der Waals surface area (Å²) in [5, 5.41) is 7.16. The average Bonchev–Trinajstić information content (AvgIpc) is 2.80. The van der Waals surface area contributed by atoms with Crippen molar-refractivity contribution in [2.45, 2.75) is 0 Å². The Morgan fingerprint density at radius 2 is 2.33 bits per heavy atom. The molecule has 2 aromatic heterocycles. The third-order valence-corrected chi connectivity index (χ3v) is 1.84. The quantitative estimate of drug-likeness (QED) is 0.734. The summed E-state index contributed by atoms with van der Waals surface area (Å²) in [6.07, 6.45) is 5.03. The van der Waals surface area contributed by atoms with E-state index in [1.165, 1.54) is 6.33 Å². The van der Waals surface area contributed by atoms with Gasteiger partial charge in [-0.25, -0.2) is 14.6 Å². The Balaban J connectivity index is 2.19. The van der Waals surface area contributed by atoms with Crippen molar-refractivity contribution in [2.75, 3.05) is 18.4 Å². The molecule has 0 aliphatic carbocycles. The molecule has 0 unspecified atom stereocenters. The fraction of sp³-hybridized carbons (Fsp3) is 0.222. The van der Waals surface area contributed by atoms with Crippen LogP contribution in [0.5, 0.6) is 0 Å². The van der Waals surface area contributed by atoms with E-state index in [2.05, 4.69) is 20.4 Å². The number of nitrogens with zero attached hydrogens (tertiary/aromatic N) is 4. The lowest BCUT2D eigenvalue weighted by Gasteiger charge is -2.05. The lowest BCUT2D eigenvalue weighted by molar-refractivity contribution is 0.839. The second kappa shape index (κ2) is 4.52. The van der Waals surface area contributed by atoms with Crippen molar-refractivity contribution in [1.29, 1.82) is 0 Å². The smallest absolute Gasteiger partial charge is 0.158 e. The largest absolute Gasteiger partial charge is 0.369 e. The minimum absolute atomic E-state index is 0.571. The molecule has 0 fully saturated rings. The van der Waals surface area contributed by atoms with E-state index in [0.29, 0.717) is 13.1 Å². The van der Waals surface area contributed by atoms with Crippen molar-refractivity contribution in [2.24, 2.45) is 5.73 Å². The van der Waals surface area contributed by atoms with Gasteiger partial charge in [0, 0.05) is 31.5 Å². The topological polar surface area (TPSA) is 81.6 Å². The number of hydrogen-bond donors (Lipinski definition) is 2. The van der Waals surface area contributed by atoms with Crippen LogP contribution in [-0.4, -0.2) is 32.8 Å². The Morgan fingerprint density at radius 3 is 3.07 bits per heavy atom. The molecule has 0 radical (unpaired) electrons. The summed E-state index contributed by atoms with van der Waals surface area (Å²) in [6.45, 7) is 1.26. The molecule has 0 saturated carbocycles. The SMILES string of the molecule is NCCNc1cc(-n2cccn2)ncn1. The predicted molar refractivity (Wildman–Crippen MR) is 56.7 cm³/mol. The highest BCUT2D eigenvalue weighted by molar-refractivity contribution is 5.39. The van der Waals surface area contributed by atoms with Crippen LogP contribution in [0.1, 0.15) is 0 Å². The molecule has 6 nitrogen and oxygen atoms in total. The molecule has 2 heterocycles. The molecule has 0 saturated heterocycles. The van der Waals surface area contributed by atoms with E-state index < -0.39 is 0 Å². The van der Waals surface area contributed by atoms with Gasteiger partial charge >= 0.3 is 0 Å². The summed E-state index contributed by atoms with van der Waals surface area (Å²) >= 11 is 0. The van der Waals surface area contributed by atoms with Gasteiger partial charge in [-0.1, -0.05) is 0 Å². The normalized spacial score (nSPS) is 10.2. The molecule has 3 N–H and O–H groups in total. The van der Waals surface area contributed by atoms with Gasteiger partial charge in [0.25, 0.3) is 0 Å². The summed E-state index contributed by atoms with van der Waals surface area (Å²) in [5.41, 5.74) is 5.39. The molecule has 0 amide bonds. The van der Waals surface area contributed by atoms with E-state index in [4.69, 9.17) is 5.73 Å². The van der Waals surface area contributed by atoms with Gasteiger partial charge in [0.15, 0.2) is 5.82 Å². The van der Waals surface area contributed by atoms with E-state index in [0.717, 1.165) is 11.6 Å². The Morgan fingerprint density at radius 1 is 1.40 bits per heavy atom. The zero-order valence-corrected chi connectivity index (χ0v) is 8.17. The average molecular weight is 204 g/mol. The molecule has 15 heavy (non-hydrogen) atoms. The zero-order valence-electron chi connectivity index (χ0n) is 8.17. The van der Waals surface area contributed by atoms with Gasteiger partial charge in [-0.3, -0.25) is 0 Å². The van der Waals surface area contributed by atoms with Gasteiger partial charge < -0.3 is 11.1 Å². The first kappa shape index (κ1) is 9.60. The maximum Gasteiger partial charge on any atom is 0.158 e. The van der Waals surface area contributed by atoms with Crippen LogP contribution in [0.25, 0.3) is 5.82 Å². The first-order chi connectivity index (χ1) is 7.40. The summed E-state index contributed by atoms with van der Waals surface area (Å²) < 4.78 is 1.68. The van der Waals surface area contributed by atoms with Crippen LogP contribution in [0.3, 0.4) is 0 Å². The highest BCUT2D eigenvalue weighted by Gasteiger charge is 1.99. The monoisotopic (exact) mass is 204 g/mol. The van der Waals surface area contributed by atoms with E-state index in [1.54, 1.807) is 10.9 Å². The molecule has 0 spiro atoms. The van der Waals surface area contributed by atoms with Crippen LogP contribution in [0, 0.1) is 0 Å². The number of rotatable bonds is 4. The lowest BCUT2D eigenvalue weighted by atomic mass is 10.5. The van der Waals surface area contributed by atoms with Gasteiger partial charge in [0.05, 0.1) is 0 Å². The minimum atomic E-state index is 0.571. The first-order valence-corrected chi connectivity index (χ1v) is 4.66. The van der Waals surface area contributed by atoms with E-state index >= 15 is 0 Å². The van der Waals surface area contributed by atoms with Crippen LogP contribution in [-0.2, 0) is 0 Å². The van der Waals surface area contributed by atoms with Gasteiger partial charge in [0.1, 0.15) is 12.1 Å². The van der Waals surface area contributed by atoms with Gasteiger partial charge in [-0.05, 0) is 6.07 Å². The molecule has 0 aromatic carbocycles. The molecule has 2 aromatic rings. The highest BCUT2D eigenvalue weighted by Crippen LogP contribution is 2.06. The number of aromatic nitrogens is 4. The maximum absolute atomic E-state index is 5.39. The van der Waals surface area contributed by atoms with Crippen LogP contribution in [0.2, 0.25) is 0 Å². The number of nitrogens with two attached hydrogens (primary N) is 1.